The van der Waals surface area contributed by atoms with Gasteiger partial charge in [-0.2, -0.15) is 0 Å². The molecule has 1 aliphatic rings. The minimum atomic E-state index is -0.234. The number of ketones is 1. The van der Waals surface area contributed by atoms with Gasteiger partial charge in [0.05, 0.1) is 11.7 Å². The van der Waals surface area contributed by atoms with Crippen LogP contribution in [0.2, 0.25) is 0 Å². The highest BCUT2D eigenvalue weighted by Gasteiger charge is 2.27. The number of carbonyl (C=O) groups excluding carboxylic acids is 2. The number of carbonyl (C=O) groups is 2. The molecule has 1 atom stereocenters. The quantitative estimate of drug-likeness (QED) is 0.563. The van der Waals surface area contributed by atoms with E-state index in [1.807, 2.05) is 31.2 Å². The minimum Gasteiger partial charge on any atom is -0.325 e. The lowest BCUT2D eigenvalue weighted by Crippen LogP contribution is -2.08. The maximum atomic E-state index is 12.6. The molecule has 3 aromatic rings. The molecule has 0 saturated heterocycles. The zero-order valence-corrected chi connectivity index (χ0v) is 15.4. The molecule has 26 heavy (non-hydrogen) atoms. The number of hydrogen-bond acceptors (Lipinski definition) is 6. The third-order valence-corrected chi connectivity index (χ3v) is 5.42. The van der Waals surface area contributed by atoms with E-state index in [4.69, 9.17) is 0 Å². The van der Waals surface area contributed by atoms with E-state index in [-0.39, 0.29) is 23.4 Å². The van der Waals surface area contributed by atoms with Gasteiger partial charge >= 0.3 is 0 Å². The minimum absolute atomic E-state index is 0.0150. The number of amides is 1. The Morgan fingerprint density at radius 2 is 2.08 bits per heavy atom. The van der Waals surface area contributed by atoms with E-state index in [9.17, 15) is 9.59 Å². The molecule has 0 aliphatic carbocycles. The Morgan fingerprint density at radius 1 is 1.27 bits per heavy atom. The topological polar surface area (TPSA) is 89.2 Å². The van der Waals surface area contributed by atoms with E-state index in [2.05, 4.69) is 20.5 Å². The van der Waals surface area contributed by atoms with Crippen molar-refractivity contribution in [1.82, 2.24) is 19.6 Å². The van der Waals surface area contributed by atoms with Crippen LogP contribution in [0, 0.1) is 13.8 Å². The lowest BCUT2D eigenvalue weighted by atomic mass is 9.99. The molecule has 4 rings (SSSR count). The van der Waals surface area contributed by atoms with Crippen LogP contribution < -0.4 is 5.32 Å². The van der Waals surface area contributed by atoms with E-state index in [1.165, 1.54) is 11.8 Å². The fourth-order valence-corrected chi connectivity index (χ4v) is 3.98. The molecule has 1 amide bonds. The summed E-state index contributed by atoms with van der Waals surface area (Å²) in [4.78, 5) is 28.7. The van der Waals surface area contributed by atoms with Gasteiger partial charge in [-0.3, -0.25) is 14.0 Å². The number of nitrogens with zero attached hydrogens (tertiary/aromatic N) is 4. The summed E-state index contributed by atoms with van der Waals surface area (Å²) >= 11 is 1.33. The fraction of sp³-hybridized carbons (Fsp3) is 0.278. The number of hydrogen-bond donors (Lipinski definition) is 1. The smallest absolute Gasteiger partial charge is 0.256 e. The average Bonchev–Trinajstić information content (AvgIpc) is 3.14. The molecular weight excluding hydrogens is 350 g/mol. The zero-order chi connectivity index (χ0) is 18.4. The molecule has 7 nitrogen and oxygen atoms in total. The SMILES string of the molecule is Cc1cc(C)n2c(SCC(=O)c3ccc4c(c3)[C@H](C)C(=O)N4)nnc2n1. The first-order chi connectivity index (χ1) is 12.4. The van der Waals surface area contributed by atoms with Gasteiger partial charge in [-0.15, -0.1) is 10.2 Å². The monoisotopic (exact) mass is 367 g/mol. The van der Waals surface area contributed by atoms with Crippen molar-refractivity contribution in [3.8, 4) is 0 Å². The summed E-state index contributed by atoms with van der Waals surface area (Å²) in [6, 6.07) is 7.29. The molecule has 0 bridgehead atoms. The van der Waals surface area contributed by atoms with Crippen molar-refractivity contribution in [3.63, 3.8) is 0 Å². The normalized spacial score (nSPS) is 16.0. The van der Waals surface area contributed by atoms with Crippen LogP contribution in [0.15, 0.2) is 29.4 Å². The van der Waals surface area contributed by atoms with Gasteiger partial charge in [0.1, 0.15) is 0 Å². The van der Waals surface area contributed by atoms with E-state index >= 15 is 0 Å². The maximum absolute atomic E-state index is 12.6. The summed E-state index contributed by atoms with van der Waals surface area (Å²) in [5.74, 6) is 0.491. The zero-order valence-electron chi connectivity index (χ0n) is 14.6. The van der Waals surface area contributed by atoms with Crippen LogP contribution in [0.3, 0.4) is 0 Å². The molecule has 3 heterocycles. The third-order valence-electron chi connectivity index (χ3n) is 4.49. The highest BCUT2D eigenvalue weighted by Crippen LogP contribution is 2.33. The fourth-order valence-electron chi connectivity index (χ4n) is 3.10. The Labute approximate surface area is 154 Å². The van der Waals surface area contributed by atoms with Gasteiger partial charge in [-0.05, 0) is 50.6 Å². The molecule has 1 aliphatic heterocycles. The number of fused-ring (bicyclic) bond motifs is 2. The van der Waals surface area contributed by atoms with Crippen molar-refractivity contribution in [2.75, 3.05) is 11.1 Å². The number of rotatable bonds is 4. The molecule has 1 N–H and O–H groups in total. The summed E-state index contributed by atoms with van der Waals surface area (Å²) < 4.78 is 1.85. The predicted octanol–water partition coefficient (Wildman–Crippen LogP) is 2.77. The Morgan fingerprint density at radius 3 is 2.88 bits per heavy atom. The van der Waals surface area contributed by atoms with E-state index in [0.717, 1.165) is 22.6 Å². The van der Waals surface area contributed by atoms with Gasteiger partial charge < -0.3 is 5.32 Å². The van der Waals surface area contributed by atoms with Crippen LogP contribution in [0.25, 0.3) is 5.78 Å². The lowest BCUT2D eigenvalue weighted by Gasteiger charge is -2.06. The molecule has 0 fully saturated rings. The largest absolute Gasteiger partial charge is 0.325 e. The van der Waals surface area contributed by atoms with Crippen LogP contribution in [0.1, 0.15) is 40.2 Å². The third kappa shape index (κ3) is 2.76. The van der Waals surface area contributed by atoms with E-state index in [0.29, 0.717) is 16.5 Å². The van der Waals surface area contributed by atoms with Gasteiger partial charge in [-0.25, -0.2) is 4.98 Å². The second-order valence-corrected chi connectivity index (χ2v) is 7.32. The summed E-state index contributed by atoms with van der Waals surface area (Å²) in [6.07, 6.45) is 0. The van der Waals surface area contributed by atoms with Gasteiger partial charge in [-0.1, -0.05) is 11.8 Å². The number of thioether (sulfide) groups is 1. The molecular formula is C18H17N5O2S. The molecule has 1 aromatic carbocycles. The van der Waals surface area contributed by atoms with Crippen LogP contribution in [0.5, 0.6) is 0 Å². The second-order valence-electron chi connectivity index (χ2n) is 6.38. The van der Waals surface area contributed by atoms with E-state index < -0.39 is 0 Å². The van der Waals surface area contributed by atoms with Gasteiger partial charge in [0.2, 0.25) is 5.91 Å². The summed E-state index contributed by atoms with van der Waals surface area (Å²) in [5.41, 5.74) is 4.11. The molecule has 0 unspecified atom stereocenters. The van der Waals surface area contributed by atoms with E-state index in [1.54, 1.807) is 18.2 Å². The van der Waals surface area contributed by atoms with Crippen LogP contribution in [0.4, 0.5) is 5.69 Å². The summed E-state index contributed by atoms with van der Waals surface area (Å²) in [7, 11) is 0. The molecule has 0 spiro atoms. The molecule has 8 heteroatoms. The van der Waals surface area contributed by atoms with Crippen molar-refractivity contribution in [3.05, 3.63) is 46.8 Å². The lowest BCUT2D eigenvalue weighted by molar-refractivity contribution is -0.116. The average molecular weight is 367 g/mol. The Bertz CT molecular complexity index is 1060. The van der Waals surface area contributed by atoms with Crippen molar-refractivity contribution < 1.29 is 9.59 Å². The number of anilines is 1. The Balaban J connectivity index is 1.54. The molecule has 2 aromatic heterocycles. The Hall–Kier alpha value is -2.74. The number of aryl methyl sites for hydroxylation is 2. The first-order valence-corrected chi connectivity index (χ1v) is 9.23. The number of aromatic nitrogens is 4. The first kappa shape index (κ1) is 16.7. The van der Waals surface area contributed by atoms with Crippen molar-refractivity contribution >= 4 is 34.9 Å². The standard InChI is InChI=1S/C18H17N5O2S/c1-9-6-10(2)23-17(19-9)21-22-18(23)26-8-15(24)12-4-5-14-13(7-12)11(3)16(25)20-14/h4-7,11H,8H2,1-3H3,(H,20,25)/t11-/m0/s1. The molecule has 132 valence electrons. The van der Waals surface area contributed by atoms with Gasteiger partial charge in [0.15, 0.2) is 10.9 Å². The van der Waals surface area contributed by atoms with Crippen molar-refractivity contribution in [2.24, 2.45) is 0 Å². The number of nitrogens with one attached hydrogen (secondary N) is 1. The Kier molecular flexibility index (Phi) is 3.99. The van der Waals surface area contributed by atoms with Gasteiger partial charge in [0.25, 0.3) is 5.78 Å². The number of benzene rings is 1. The highest BCUT2D eigenvalue weighted by molar-refractivity contribution is 7.99. The molecule has 0 saturated carbocycles. The first-order valence-electron chi connectivity index (χ1n) is 8.24. The second kappa shape index (κ2) is 6.21. The maximum Gasteiger partial charge on any atom is 0.256 e. The van der Waals surface area contributed by atoms with Crippen molar-refractivity contribution in [2.45, 2.75) is 31.8 Å². The summed E-state index contributed by atoms with van der Waals surface area (Å²) in [6.45, 7) is 5.71. The van der Waals surface area contributed by atoms with Gasteiger partial charge in [0, 0.05) is 22.6 Å². The van der Waals surface area contributed by atoms with Crippen molar-refractivity contribution in [1.29, 1.82) is 0 Å². The summed E-state index contributed by atoms with van der Waals surface area (Å²) in [5, 5.41) is 11.7. The number of Topliss-reactive ketones (excluding diaryl/α,β-unsaturated/α-hetero) is 1. The van der Waals surface area contributed by atoms with Crippen LogP contribution in [-0.2, 0) is 4.79 Å². The molecule has 0 radical (unpaired) electrons. The van der Waals surface area contributed by atoms with Crippen LogP contribution in [-0.4, -0.2) is 37.0 Å². The highest BCUT2D eigenvalue weighted by atomic mass is 32.2. The van der Waals surface area contributed by atoms with Crippen LogP contribution >= 0.6 is 11.8 Å². The predicted molar refractivity (Wildman–Crippen MR) is 98.8 cm³/mol.